The maximum Gasteiger partial charge on any atom is 0.526 e. The molecule has 1 unspecified atom stereocenters. The van der Waals surface area contributed by atoms with E-state index in [1.807, 2.05) is 13.1 Å². The van der Waals surface area contributed by atoms with Crippen molar-refractivity contribution < 1.29 is 24.4 Å². The third-order valence-corrected chi connectivity index (χ3v) is 5.87. The Labute approximate surface area is 175 Å². The quantitative estimate of drug-likeness (QED) is 0.517. The summed E-state index contributed by atoms with van der Waals surface area (Å²) in [6.45, 7) is 1.65. The molecule has 8 heteroatoms. The molecule has 156 valence electrons. The van der Waals surface area contributed by atoms with Crippen molar-refractivity contribution in [3.05, 3.63) is 64.2 Å². The summed E-state index contributed by atoms with van der Waals surface area (Å²) in [5, 5.41) is 26.3. The van der Waals surface area contributed by atoms with Gasteiger partial charge in [0.05, 0.1) is 5.56 Å². The summed E-state index contributed by atoms with van der Waals surface area (Å²) in [6, 6.07) is 11.3. The number of hydrogen-bond donors (Lipinski definition) is 4. The summed E-state index contributed by atoms with van der Waals surface area (Å²) in [4.78, 5) is 24.0. The summed E-state index contributed by atoms with van der Waals surface area (Å²) < 4.78 is 5.49. The van der Waals surface area contributed by atoms with Crippen molar-refractivity contribution in [2.24, 2.45) is 0 Å². The smallest absolute Gasteiger partial charge is 0.526 e. The van der Waals surface area contributed by atoms with Crippen molar-refractivity contribution in [1.29, 1.82) is 0 Å². The SMILES string of the molecule is CNCC1NCc2cc(CC(=O)C[C@H]3Cc4cccc(C(=O)O)c4OB3O)ccc21. The van der Waals surface area contributed by atoms with Gasteiger partial charge in [0.2, 0.25) is 0 Å². The van der Waals surface area contributed by atoms with E-state index in [9.17, 15) is 19.7 Å². The second-order valence-electron chi connectivity index (χ2n) is 8.02. The molecular weight excluding hydrogens is 383 g/mol. The lowest BCUT2D eigenvalue weighted by Gasteiger charge is -2.28. The highest BCUT2D eigenvalue weighted by molar-refractivity contribution is 6.47. The lowest BCUT2D eigenvalue weighted by atomic mass is 9.64. The second-order valence-corrected chi connectivity index (χ2v) is 8.02. The Morgan fingerprint density at radius 1 is 1.27 bits per heavy atom. The summed E-state index contributed by atoms with van der Waals surface area (Å²) in [7, 11) is 0.727. The summed E-state index contributed by atoms with van der Waals surface area (Å²) >= 11 is 0. The Bertz CT molecular complexity index is 980. The third kappa shape index (κ3) is 4.12. The molecule has 7 nitrogen and oxygen atoms in total. The van der Waals surface area contributed by atoms with Crippen molar-refractivity contribution in [2.75, 3.05) is 13.6 Å². The predicted molar refractivity (Wildman–Crippen MR) is 113 cm³/mol. The highest BCUT2D eigenvalue weighted by atomic mass is 16.5. The molecule has 4 rings (SSSR count). The zero-order chi connectivity index (χ0) is 21.3. The lowest BCUT2D eigenvalue weighted by Crippen LogP contribution is -2.36. The van der Waals surface area contributed by atoms with E-state index in [1.54, 1.807) is 12.1 Å². The van der Waals surface area contributed by atoms with Crippen LogP contribution in [0, 0.1) is 0 Å². The Balaban J connectivity index is 1.41. The number of hydrogen-bond acceptors (Lipinski definition) is 6. The van der Waals surface area contributed by atoms with E-state index < -0.39 is 18.9 Å². The number of benzene rings is 2. The minimum Gasteiger partial charge on any atom is -0.535 e. The van der Waals surface area contributed by atoms with Crippen LogP contribution in [0.4, 0.5) is 0 Å². The fourth-order valence-electron chi connectivity index (χ4n) is 4.41. The number of carboxylic acid groups (broad SMARTS) is 1. The van der Waals surface area contributed by atoms with Gasteiger partial charge in [-0.1, -0.05) is 30.3 Å². The lowest BCUT2D eigenvalue weighted by molar-refractivity contribution is -0.118. The Morgan fingerprint density at radius 2 is 2.10 bits per heavy atom. The molecule has 0 aliphatic carbocycles. The number of carboxylic acids is 1. The van der Waals surface area contributed by atoms with Crippen LogP contribution in [0.1, 0.15) is 45.1 Å². The first-order chi connectivity index (χ1) is 14.5. The maximum absolute atomic E-state index is 12.7. The zero-order valence-corrected chi connectivity index (χ0v) is 16.9. The first kappa shape index (κ1) is 20.6. The van der Waals surface area contributed by atoms with E-state index >= 15 is 0 Å². The molecule has 2 atom stereocenters. The van der Waals surface area contributed by atoms with Crippen LogP contribution in [0.3, 0.4) is 0 Å². The van der Waals surface area contributed by atoms with Crippen LogP contribution in [0.5, 0.6) is 5.75 Å². The Kier molecular flexibility index (Phi) is 5.90. The molecule has 0 bridgehead atoms. The molecule has 0 fully saturated rings. The van der Waals surface area contributed by atoms with E-state index in [0.29, 0.717) is 24.4 Å². The molecule has 0 amide bonds. The number of carbonyl (C=O) groups is 2. The first-order valence-corrected chi connectivity index (χ1v) is 10.2. The number of aromatic carboxylic acids is 1. The number of rotatable bonds is 7. The van der Waals surface area contributed by atoms with Gasteiger partial charge in [0, 0.05) is 37.8 Å². The average molecular weight is 408 g/mol. The fraction of sp³-hybridized carbons (Fsp3) is 0.364. The molecule has 0 spiro atoms. The highest BCUT2D eigenvalue weighted by Crippen LogP contribution is 2.36. The Hall–Kier alpha value is -2.68. The van der Waals surface area contributed by atoms with E-state index in [2.05, 4.69) is 22.8 Å². The molecule has 4 N–H and O–H groups in total. The van der Waals surface area contributed by atoms with Crippen molar-refractivity contribution in [3.63, 3.8) is 0 Å². The van der Waals surface area contributed by atoms with E-state index in [-0.39, 0.29) is 23.5 Å². The largest absolute Gasteiger partial charge is 0.535 e. The monoisotopic (exact) mass is 408 g/mol. The van der Waals surface area contributed by atoms with Crippen molar-refractivity contribution in [2.45, 2.75) is 37.7 Å². The standard InChI is InChI=1S/C22H25BN2O5/c1-24-12-20-18-6-5-13(7-15(18)11-25-20)8-17(26)10-16-9-14-3-2-4-19(22(27)28)21(14)30-23(16)29/h2-7,16,20,24-25,29H,8-12H2,1H3,(H,27,28)/t16-,20?/m1/s1. The zero-order valence-electron chi connectivity index (χ0n) is 16.9. The number of ketones is 1. The van der Waals surface area contributed by atoms with Gasteiger partial charge in [-0.15, -0.1) is 0 Å². The van der Waals surface area contributed by atoms with Crippen LogP contribution in [0.25, 0.3) is 0 Å². The van der Waals surface area contributed by atoms with Crippen molar-refractivity contribution >= 4 is 18.9 Å². The number of fused-ring (bicyclic) bond motifs is 2. The van der Waals surface area contributed by atoms with Crippen LogP contribution < -0.4 is 15.3 Å². The maximum atomic E-state index is 12.7. The molecule has 30 heavy (non-hydrogen) atoms. The van der Waals surface area contributed by atoms with Gasteiger partial charge in [-0.25, -0.2) is 4.79 Å². The van der Waals surface area contributed by atoms with E-state index in [1.165, 1.54) is 17.2 Å². The number of carbonyl (C=O) groups excluding carboxylic acids is 1. The van der Waals surface area contributed by atoms with Gasteiger partial charge in [0.1, 0.15) is 11.5 Å². The van der Waals surface area contributed by atoms with Gasteiger partial charge in [0.25, 0.3) is 0 Å². The first-order valence-electron chi connectivity index (χ1n) is 10.2. The minimum absolute atomic E-state index is 0.0261. The van der Waals surface area contributed by atoms with Crippen molar-refractivity contribution in [1.82, 2.24) is 10.6 Å². The van der Waals surface area contributed by atoms with Gasteiger partial charge >= 0.3 is 13.1 Å². The second kappa shape index (κ2) is 8.59. The topological polar surface area (TPSA) is 108 Å². The molecule has 0 saturated heterocycles. The van der Waals surface area contributed by atoms with Gasteiger partial charge in [-0.2, -0.15) is 0 Å². The van der Waals surface area contributed by atoms with Crippen LogP contribution in [-0.4, -0.2) is 42.6 Å². The van der Waals surface area contributed by atoms with Crippen LogP contribution in [0.2, 0.25) is 5.82 Å². The molecule has 2 aliphatic heterocycles. The van der Waals surface area contributed by atoms with Gasteiger partial charge in [-0.05, 0) is 41.8 Å². The van der Waals surface area contributed by atoms with Gasteiger partial charge < -0.3 is 25.4 Å². The summed E-state index contributed by atoms with van der Waals surface area (Å²) in [6.07, 6.45) is 0.883. The van der Waals surface area contributed by atoms with Crippen LogP contribution in [-0.2, 0) is 24.2 Å². The minimum atomic E-state index is -1.20. The molecule has 2 aliphatic rings. The molecule has 0 radical (unpaired) electrons. The number of Topliss-reactive ketones (excluding diaryl/α,β-unsaturated/α-hetero) is 1. The number of para-hydroxylation sites is 1. The average Bonchev–Trinajstić information content (AvgIpc) is 3.10. The van der Waals surface area contributed by atoms with Gasteiger partial charge in [-0.3, -0.25) is 4.79 Å². The molecule has 0 saturated carbocycles. The van der Waals surface area contributed by atoms with Crippen LogP contribution >= 0.6 is 0 Å². The highest BCUT2D eigenvalue weighted by Gasteiger charge is 2.37. The number of likely N-dealkylation sites (N-methyl/N-ethyl adjacent to an activating group) is 1. The van der Waals surface area contributed by atoms with Gasteiger partial charge in [0.15, 0.2) is 0 Å². The molecule has 2 aromatic carbocycles. The molecule has 2 aromatic rings. The molecule has 2 heterocycles. The fourth-order valence-corrected chi connectivity index (χ4v) is 4.41. The summed E-state index contributed by atoms with van der Waals surface area (Å²) in [5.74, 6) is -1.27. The normalized spacial score (nSPS) is 19.7. The van der Waals surface area contributed by atoms with E-state index in [0.717, 1.165) is 18.7 Å². The number of nitrogens with one attached hydrogen (secondary N) is 2. The third-order valence-electron chi connectivity index (χ3n) is 5.87. The van der Waals surface area contributed by atoms with Crippen molar-refractivity contribution in [3.8, 4) is 5.75 Å². The predicted octanol–water partition coefficient (Wildman–Crippen LogP) is 1.74. The van der Waals surface area contributed by atoms with Crippen LogP contribution in [0.15, 0.2) is 36.4 Å². The Morgan fingerprint density at radius 3 is 2.87 bits per heavy atom. The summed E-state index contributed by atoms with van der Waals surface area (Å²) in [5.41, 5.74) is 4.18. The molecular formula is C22H25BN2O5. The molecule has 0 aromatic heterocycles. The van der Waals surface area contributed by atoms with E-state index in [4.69, 9.17) is 4.65 Å².